The largest absolute Gasteiger partial charge is 0.416 e. The van der Waals surface area contributed by atoms with Crippen LogP contribution in [0, 0.1) is 20.2 Å². The monoisotopic (exact) mass is 658 g/mol. The van der Waals surface area contributed by atoms with Crippen molar-refractivity contribution in [2.24, 2.45) is 0 Å². The summed E-state index contributed by atoms with van der Waals surface area (Å²) in [5.41, 5.74) is -5.36. The van der Waals surface area contributed by atoms with Gasteiger partial charge in [0.1, 0.15) is 0 Å². The summed E-state index contributed by atoms with van der Waals surface area (Å²) in [5, 5.41) is 22.2. The highest BCUT2D eigenvalue weighted by atomic mass is 33.1. The SMILES string of the molecule is O=[N+]([O-])c1cc(C(F)(F)F)ccc1S(=O)(=O)NCCSSCCNS(=O)(=O)c1ccc(C(F)(F)F)cc1[N+](=O)[O-]. The fraction of sp³-hybridized carbons (Fsp3) is 0.333. The Morgan fingerprint density at radius 1 is 0.675 bits per heavy atom. The summed E-state index contributed by atoms with van der Waals surface area (Å²) in [7, 11) is -7.13. The van der Waals surface area contributed by atoms with Crippen LogP contribution in [-0.2, 0) is 32.4 Å². The molecule has 2 N–H and O–H groups in total. The Morgan fingerprint density at radius 2 is 1.00 bits per heavy atom. The zero-order valence-corrected chi connectivity index (χ0v) is 22.6. The average molecular weight is 659 g/mol. The number of rotatable bonds is 13. The molecule has 0 spiro atoms. The first-order valence-corrected chi connectivity index (χ1v) is 15.7. The van der Waals surface area contributed by atoms with E-state index < -0.39 is 74.5 Å². The molecule has 0 radical (unpaired) electrons. The lowest BCUT2D eigenvalue weighted by atomic mass is 10.2. The lowest BCUT2D eigenvalue weighted by Gasteiger charge is -2.11. The van der Waals surface area contributed by atoms with Crippen LogP contribution in [0.2, 0.25) is 0 Å². The van der Waals surface area contributed by atoms with Gasteiger partial charge in [0.2, 0.25) is 20.0 Å². The Labute approximate surface area is 229 Å². The molecule has 0 aliphatic heterocycles. The maximum absolute atomic E-state index is 12.8. The number of nitrogens with zero attached hydrogens (tertiary/aromatic N) is 2. The lowest BCUT2D eigenvalue weighted by molar-refractivity contribution is -0.388. The van der Waals surface area contributed by atoms with Gasteiger partial charge in [0, 0.05) is 36.7 Å². The van der Waals surface area contributed by atoms with E-state index in [1.807, 2.05) is 9.44 Å². The van der Waals surface area contributed by atoms with Crippen molar-refractivity contribution in [2.75, 3.05) is 24.6 Å². The fourth-order valence-electron chi connectivity index (χ4n) is 2.84. The Morgan fingerprint density at radius 3 is 1.27 bits per heavy atom. The van der Waals surface area contributed by atoms with Crippen LogP contribution in [0.15, 0.2) is 46.2 Å². The van der Waals surface area contributed by atoms with Gasteiger partial charge in [-0.3, -0.25) is 20.2 Å². The fourth-order valence-corrected chi connectivity index (χ4v) is 7.27. The number of nitro benzene ring substituents is 2. The highest BCUT2D eigenvalue weighted by molar-refractivity contribution is 8.76. The number of nitro groups is 2. The van der Waals surface area contributed by atoms with Crippen LogP contribution in [0.25, 0.3) is 0 Å². The quantitative estimate of drug-likeness (QED) is 0.104. The summed E-state index contributed by atoms with van der Waals surface area (Å²) in [5.74, 6) is 0.0465. The molecule has 40 heavy (non-hydrogen) atoms. The van der Waals surface area contributed by atoms with Gasteiger partial charge in [-0.1, -0.05) is 21.6 Å². The lowest BCUT2D eigenvalue weighted by Crippen LogP contribution is -2.27. The number of sulfonamides is 2. The molecule has 0 fully saturated rings. The van der Waals surface area contributed by atoms with E-state index in [2.05, 4.69) is 0 Å². The normalized spacial score (nSPS) is 12.8. The summed E-state index contributed by atoms with van der Waals surface area (Å²) in [6.45, 7) is -0.636. The van der Waals surface area contributed by atoms with Gasteiger partial charge in [-0.2, -0.15) is 26.3 Å². The zero-order chi connectivity index (χ0) is 30.5. The van der Waals surface area contributed by atoms with Gasteiger partial charge in [0.25, 0.3) is 11.4 Å². The van der Waals surface area contributed by atoms with Crippen molar-refractivity contribution in [2.45, 2.75) is 22.1 Å². The van der Waals surface area contributed by atoms with E-state index in [9.17, 15) is 63.4 Å². The minimum absolute atomic E-state index is 0.0233. The van der Waals surface area contributed by atoms with Gasteiger partial charge in [0.15, 0.2) is 9.79 Å². The average Bonchev–Trinajstić information content (AvgIpc) is 2.83. The first-order chi connectivity index (χ1) is 18.3. The smallest absolute Gasteiger partial charge is 0.258 e. The van der Waals surface area contributed by atoms with E-state index in [0.29, 0.717) is 24.3 Å². The number of halogens is 6. The Balaban J connectivity index is 1.89. The second-order valence-corrected chi connectivity index (χ2v) is 13.5. The van der Waals surface area contributed by atoms with Crippen molar-refractivity contribution in [3.05, 3.63) is 67.8 Å². The summed E-state index contributed by atoms with van der Waals surface area (Å²) >= 11 is 0. The van der Waals surface area contributed by atoms with Crippen molar-refractivity contribution in [3.8, 4) is 0 Å². The molecular formula is C18H16F6N4O8S4. The highest BCUT2D eigenvalue weighted by Gasteiger charge is 2.36. The van der Waals surface area contributed by atoms with Crippen LogP contribution in [0.3, 0.4) is 0 Å². The van der Waals surface area contributed by atoms with Crippen molar-refractivity contribution in [1.82, 2.24) is 9.44 Å². The maximum atomic E-state index is 12.8. The third-order valence-electron chi connectivity index (χ3n) is 4.58. The number of alkyl halides is 6. The molecule has 222 valence electrons. The second kappa shape index (κ2) is 12.9. The molecule has 0 saturated heterocycles. The van der Waals surface area contributed by atoms with Gasteiger partial charge in [-0.25, -0.2) is 26.3 Å². The Kier molecular flexibility index (Phi) is 10.8. The molecule has 0 amide bonds. The summed E-state index contributed by atoms with van der Waals surface area (Å²) in [6.07, 6.45) is -9.87. The summed E-state index contributed by atoms with van der Waals surface area (Å²) < 4.78 is 130. The standard InChI is InChI=1S/C18H16F6N4O8S4/c19-17(20,21)11-1-3-15(13(9-11)27(29)30)39(33,34)25-5-7-37-38-8-6-26-40(35,36)16-4-2-12(18(22,23)24)10-14(16)28(31)32/h1-4,9-10,25-26H,5-8H2. The molecule has 0 aliphatic rings. The van der Waals surface area contributed by atoms with Gasteiger partial charge in [-0.15, -0.1) is 0 Å². The number of hydrogen-bond acceptors (Lipinski definition) is 10. The molecule has 2 rings (SSSR count). The molecule has 0 saturated carbocycles. The minimum atomic E-state index is -4.94. The van der Waals surface area contributed by atoms with Crippen LogP contribution in [0.1, 0.15) is 11.1 Å². The second-order valence-electron chi connectivity index (χ2n) is 7.31. The molecule has 0 aromatic heterocycles. The zero-order valence-electron chi connectivity index (χ0n) is 19.4. The molecule has 0 aliphatic carbocycles. The first-order valence-electron chi connectivity index (χ1n) is 10.2. The molecule has 0 bridgehead atoms. The van der Waals surface area contributed by atoms with Crippen molar-refractivity contribution in [3.63, 3.8) is 0 Å². The van der Waals surface area contributed by atoms with Crippen molar-refractivity contribution < 1.29 is 53.0 Å². The number of nitrogens with one attached hydrogen (secondary N) is 2. The molecular weight excluding hydrogens is 642 g/mol. The van der Waals surface area contributed by atoms with Crippen molar-refractivity contribution in [1.29, 1.82) is 0 Å². The van der Waals surface area contributed by atoms with E-state index in [1.54, 1.807) is 0 Å². The highest BCUT2D eigenvalue weighted by Crippen LogP contribution is 2.35. The Hall–Kier alpha value is -2.66. The van der Waals surface area contributed by atoms with Crippen LogP contribution >= 0.6 is 21.6 Å². The summed E-state index contributed by atoms with van der Waals surface area (Å²) in [6, 6.07) is 1.87. The van der Waals surface area contributed by atoms with E-state index in [4.69, 9.17) is 0 Å². The van der Waals surface area contributed by atoms with Gasteiger partial charge < -0.3 is 0 Å². The van der Waals surface area contributed by atoms with Gasteiger partial charge in [-0.05, 0) is 24.3 Å². The molecule has 0 heterocycles. The third-order valence-corrected chi connectivity index (χ3v) is 10.0. The minimum Gasteiger partial charge on any atom is -0.258 e. The van der Waals surface area contributed by atoms with E-state index in [-0.39, 0.29) is 36.7 Å². The van der Waals surface area contributed by atoms with E-state index in [0.717, 1.165) is 21.6 Å². The van der Waals surface area contributed by atoms with E-state index in [1.165, 1.54) is 0 Å². The van der Waals surface area contributed by atoms with Gasteiger partial charge in [0.05, 0.1) is 21.0 Å². The number of benzene rings is 2. The van der Waals surface area contributed by atoms with E-state index >= 15 is 0 Å². The molecule has 2 aromatic carbocycles. The van der Waals surface area contributed by atoms with Crippen molar-refractivity contribution >= 4 is 53.0 Å². The molecule has 2 aromatic rings. The molecule has 0 atom stereocenters. The van der Waals surface area contributed by atoms with Crippen LogP contribution in [0.5, 0.6) is 0 Å². The topological polar surface area (TPSA) is 179 Å². The number of hydrogen-bond donors (Lipinski definition) is 2. The Bertz CT molecular complexity index is 1370. The molecule has 22 heteroatoms. The van der Waals surface area contributed by atoms with Gasteiger partial charge >= 0.3 is 12.4 Å². The third kappa shape index (κ3) is 8.92. The molecule has 12 nitrogen and oxygen atoms in total. The van der Waals surface area contributed by atoms with Crippen LogP contribution < -0.4 is 9.44 Å². The predicted octanol–water partition coefficient (Wildman–Crippen LogP) is 4.18. The van der Waals surface area contributed by atoms with Crippen LogP contribution in [0.4, 0.5) is 37.7 Å². The maximum Gasteiger partial charge on any atom is 0.416 e. The molecule has 0 unspecified atom stereocenters. The first kappa shape index (κ1) is 33.5. The predicted molar refractivity (Wildman–Crippen MR) is 131 cm³/mol. The summed E-state index contributed by atoms with van der Waals surface area (Å²) in [4.78, 5) is 17.7. The van der Waals surface area contributed by atoms with Crippen LogP contribution in [-0.4, -0.2) is 51.3 Å².